The summed E-state index contributed by atoms with van der Waals surface area (Å²) < 4.78 is 37.3. The number of carboxylic acid groups (broad SMARTS) is 1. The molecule has 1 unspecified atom stereocenters. The number of aliphatic carboxylic acids is 1. The first kappa shape index (κ1) is 19.7. The fraction of sp³-hybridized carbons (Fsp3) is 0.467. The Bertz CT molecular complexity index is 657. The van der Waals surface area contributed by atoms with Crippen LogP contribution in [0.2, 0.25) is 5.02 Å². The smallest absolute Gasteiger partial charge is 0.398 e. The molecule has 10 heteroatoms. The Morgan fingerprint density at radius 3 is 2.76 bits per heavy atom. The molecule has 1 aliphatic rings. The van der Waals surface area contributed by atoms with Crippen molar-refractivity contribution < 1.29 is 27.9 Å². The van der Waals surface area contributed by atoms with Gasteiger partial charge in [0.2, 0.25) is 0 Å². The normalized spacial score (nSPS) is 18.1. The fourth-order valence-electron chi connectivity index (χ4n) is 2.44. The molecule has 138 valence electrons. The van der Waals surface area contributed by atoms with Crippen molar-refractivity contribution in [3.05, 3.63) is 23.2 Å². The highest BCUT2D eigenvalue weighted by molar-refractivity contribution is 7.99. The van der Waals surface area contributed by atoms with Gasteiger partial charge in [-0.3, -0.25) is 4.79 Å². The Morgan fingerprint density at radius 2 is 2.12 bits per heavy atom. The number of hydrogen-bond acceptors (Lipinski definition) is 3. The van der Waals surface area contributed by atoms with Crippen LogP contribution in [0.1, 0.15) is 12.8 Å². The number of hydrogen-bond donors (Lipinski definition) is 2. The van der Waals surface area contributed by atoms with Gasteiger partial charge in [0, 0.05) is 23.0 Å². The minimum absolute atomic E-state index is 0.0623. The van der Waals surface area contributed by atoms with E-state index in [1.807, 2.05) is 0 Å². The van der Waals surface area contributed by atoms with Crippen LogP contribution in [0.3, 0.4) is 0 Å². The summed E-state index contributed by atoms with van der Waals surface area (Å²) in [6, 6.07) is 3.67. The molecule has 1 heterocycles. The van der Waals surface area contributed by atoms with Crippen LogP contribution < -0.4 is 5.32 Å². The van der Waals surface area contributed by atoms with Gasteiger partial charge < -0.3 is 15.3 Å². The van der Waals surface area contributed by atoms with Gasteiger partial charge in [-0.15, -0.1) is 11.8 Å². The molecule has 0 saturated carbocycles. The van der Waals surface area contributed by atoms with Gasteiger partial charge in [-0.1, -0.05) is 11.6 Å². The second-order valence-corrected chi connectivity index (χ2v) is 7.05. The second kappa shape index (κ2) is 8.18. The summed E-state index contributed by atoms with van der Waals surface area (Å²) in [5.41, 5.74) is 0.171. The molecule has 1 fully saturated rings. The van der Waals surface area contributed by atoms with Gasteiger partial charge in [-0.25, -0.2) is 4.79 Å². The average molecular weight is 397 g/mol. The van der Waals surface area contributed by atoms with Crippen molar-refractivity contribution in [1.82, 2.24) is 4.90 Å². The Morgan fingerprint density at radius 1 is 1.40 bits per heavy atom. The summed E-state index contributed by atoms with van der Waals surface area (Å²) in [5.74, 6) is -2.71. The zero-order valence-corrected chi connectivity index (χ0v) is 14.5. The molecule has 2 rings (SSSR count). The van der Waals surface area contributed by atoms with Crippen LogP contribution in [-0.2, 0) is 4.79 Å². The van der Waals surface area contributed by atoms with Crippen LogP contribution >= 0.6 is 23.4 Å². The van der Waals surface area contributed by atoms with Gasteiger partial charge in [-0.2, -0.15) is 13.2 Å². The van der Waals surface area contributed by atoms with Crippen molar-refractivity contribution in [2.75, 3.05) is 24.2 Å². The van der Waals surface area contributed by atoms with Gasteiger partial charge >= 0.3 is 18.2 Å². The summed E-state index contributed by atoms with van der Waals surface area (Å²) in [7, 11) is 0. The van der Waals surface area contributed by atoms with E-state index in [-0.39, 0.29) is 22.2 Å². The summed E-state index contributed by atoms with van der Waals surface area (Å²) in [6.07, 6.45) is -3.30. The highest BCUT2D eigenvalue weighted by Crippen LogP contribution is 2.34. The predicted molar refractivity (Wildman–Crippen MR) is 89.2 cm³/mol. The highest BCUT2D eigenvalue weighted by Gasteiger charge is 2.30. The number of thioether (sulfide) groups is 1. The van der Waals surface area contributed by atoms with Crippen molar-refractivity contribution >= 4 is 41.1 Å². The molecule has 0 aliphatic carbocycles. The molecule has 2 amide bonds. The van der Waals surface area contributed by atoms with Crippen LogP contribution in [-0.4, -0.2) is 47.0 Å². The van der Waals surface area contributed by atoms with Crippen molar-refractivity contribution in [2.45, 2.75) is 23.9 Å². The number of likely N-dealkylation sites (tertiary alicyclic amines) is 1. The predicted octanol–water partition coefficient (Wildman–Crippen LogP) is 4.32. The van der Waals surface area contributed by atoms with E-state index in [4.69, 9.17) is 16.7 Å². The molecule has 5 nitrogen and oxygen atoms in total. The number of benzene rings is 1. The van der Waals surface area contributed by atoms with E-state index in [0.29, 0.717) is 31.1 Å². The van der Waals surface area contributed by atoms with Gasteiger partial charge in [0.25, 0.3) is 0 Å². The molecule has 0 radical (unpaired) electrons. The number of anilines is 1. The molecule has 1 aromatic rings. The van der Waals surface area contributed by atoms with E-state index in [1.165, 1.54) is 23.1 Å². The molecule has 1 aliphatic heterocycles. The standard InChI is InChI=1S/C15H16ClF3N2O3S/c16-10-3-4-12(25-8-15(17,18)19)11(6-10)20-14(24)21-5-1-2-9(7-21)13(22)23/h3-4,6,9H,1-2,5,7-8H2,(H,20,24)(H,22,23). The van der Waals surface area contributed by atoms with E-state index in [2.05, 4.69) is 5.32 Å². The number of carboxylic acids is 1. The van der Waals surface area contributed by atoms with Crippen LogP contribution in [0.4, 0.5) is 23.7 Å². The number of halogens is 4. The first-order valence-corrected chi connectivity index (χ1v) is 8.80. The van der Waals surface area contributed by atoms with Gasteiger partial charge in [-0.05, 0) is 31.0 Å². The molecule has 1 aromatic carbocycles. The van der Waals surface area contributed by atoms with Crippen LogP contribution in [0, 0.1) is 5.92 Å². The maximum Gasteiger partial charge on any atom is 0.398 e. The number of rotatable bonds is 4. The van der Waals surface area contributed by atoms with E-state index in [0.717, 1.165) is 0 Å². The number of carbonyl (C=O) groups is 2. The van der Waals surface area contributed by atoms with E-state index in [1.54, 1.807) is 0 Å². The van der Waals surface area contributed by atoms with E-state index in [9.17, 15) is 22.8 Å². The molecular formula is C15H16ClF3N2O3S. The molecule has 0 aromatic heterocycles. The first-order valence-electron chi connectivity index (χ1n) is 7.43. The molecule has 0 bridgehead atoms. The number of alkyl halides is 3. The van der Waals surface area contributed by atoms with Gasteiger partial charge in [0.15, 0.2) is 0 Å². The SMILES string of the molecule is O=C(O)C1CCCN(C(=O)Nc2cc(Cl)ccc2SCC(F)(F)F)C1. The minimum atomic E-state index is -4.34. The number of piperidine rings is 1. The third-order valence-electron chi connectivity index (χ3n) is 3.63. The number of carbonyl (C=O) groups excluding carboxylic acids is 1. The highest BCUT2D eigenvalue weighted by atomic mass is 35.5. The molecule has 1 saturated heterocycles. The quantitative estimate of drug-likeness (QED) is 0.743. The van der Waals surface area contributed by atoms with Crippen LogP contribution in [0.25, 0.3) is 0 Å². The lowest BCUT2D eigenvalue weighted by atomic mass is 9.99. The summed E-state index contributed by atoms with van der Waals surface area (Å²) in [4.78, 5) is 25.0. The zero-order valence-electron chi connectivity index (χ0n) is 13.0. The largest absolute Gasteiger partial charge is 0.481 e. The molecule has 1 atom stereocenters. The number of urea groups is 1. The maximum atomic E-state index is 12.4. The molecular weight excluding hydrogens is 381 g/mol. The van der Waals surface area contributed by atoms with E-state index >= 15 is 0 Å². The summed E-state index contributed by atoms with van der Waals surface area (Å²) >= 11 is 6.41. The topological polar surface area (TPSA) is 69.6 Å². The van der Waals surface area contributed by atoms with Crippen molar-refractivity contribution in [2.24, 2.45) is 5.92 Å². The zero-order chi connectivity index (χ0) is 18.6. The lowest BCUT2D eigenvalue weighted by Crippen LogP contribution is -2.44. The summed E-state index contributed by atoms with van der Waals surface area (Å²) in [5, 5.41) is 11.9. The van der Waals surface area contributed by atoms with Crippen LogP contribution in [0.15, 0.2) is 23.1 Å². The van der Waals surface area contributed by atoms with Crippen molar-refractivity contribution in [3.8, 4) is 0 Å². The van der Waals surface area contributed by atoms with Crippen molar-refractivity contribution in [1.29, 1.82) is 0 Å². The second-order valence-electron chi connectivity index (χ2n) is 5.60. The Kier molecular flexibility index (Phi) is 6.45. The number of amides is 2. The number of nitrogens with one attached hydrogen (secondary N) is 1. The third-order valence-corrected chi connectivity index (χ3v) is 5.01. The Hall–Kier alpha value is -1.61. The molecule has 25 heavy (non-hydrogen) atoms. The number of nitrogens with zero attached hydrogens (tertiary/aromatic N) is 1. The fourth-order valence-corrected chi connectivity index (χ4v) is 3.36. The summed E-state index contributed by atoms with van der Waals surface area (Å²) in [6.45, 7) is 0.452. The Balaban J connectivity index is 2.09. The Labute approximate surface area is 151 Å². The molecule has 2 N–H and O–H groups in total. The van der Waals surface area contributed by atoms with Crippen molar-refractivity contribution in [3.63, 3.8) is 0 Å². The lowest BCUT2D eigenvalue weighted by molar-refractivity contribution is -0.143. The minimum Gasteiger partial charge on any atom is -0.481 e. The first-order chi connectivity index (χ1) is 11.7. The monoisotopic (exact) mass is 396 g/mol. The lowest BCUT2D eigenvalue weighted by Gasteiger charge is -2.31. The maximum absolute atomic E-state index is 12.4. The van der Waals surface area contributed by atoms with E-state index < -0.39 is 29.8 Å². The van der Waals surface area contributed by atoms with Gasteiger partial charge in [0.1, 0.15) is 0 Å². The molecule has 0 spiro atoms. The third kappa shape index (κ3) is 6.00. The van der Waals surface area contributed by atoms with Crippen LogP contribution in [0.5, 0.6) is 0 Å². The average Bonchev–Trinajstić information content (AvgIpc) is 2.53. The van der Waals surface area contributed by atoms with Gasteiger partial charge in [0.05, 0.1) is 17.4 Å².